The molecule has 1 aromatic rings. The van der Waals surface area contributed by atoms with Crippen LogP contribution in [0.3, 0.4) is 0 Å². The van der Waals surface area contributed by atoms with Crippen LogP contribution >= 0.6 is 0 Å². The van der Waals surface area contributed by atoms with E-state index in [-0.39, 0.29) is 18.3 Å². The van der Waals surface area contributed by atoms with Crippen LogP contribution in [0.5, 0.6) is 0 Å². The van der Waals surface area contributed by atoms with Crippen molar-refractivity contribution >= 4 is 11.9 Å². The van der Waals surface area contributed by atoms with Gasteiger partial charge in [-0.1, -0.05) is 18.2 Å². The quantitative estimate of drug-likeness (QED) is 0.794. The summed E-state index contributed by atoms with van der Waals surface area (Å²) < 4.78 is 4.74. The second kappa shape index (κ2) is 6.71. The van der Waals surface area contributed by atoms with E-state index in [0.29, 0.717) is 17.5 Å². The molecule has 5 heteroatoms. The highest BCUT2D eigenvalue weighted by Crippen LogP contribution is 2.32. The summed E-state index contributed by atoms with van der Waals surface area (Å²) >= 11 is 0. The van der Waals surface area contributed by atoms with Crippen LogP contribution in [-0.4, -0.2) is 61.5 Å². The minimum atomic E-state index is -0.318. The van der Waals surface area contributed by atoms with E-state index in [1.54, 1.807) is 0 Å². The number of benzene rings is 1. The van der Waals surface area contributed by atoms with Gasteiger partial charge in [0, 0.05) is 24.7 Å². The van der Waals surface area contributed by atoms with Crippen molar-refractivity contribution in [3.05, 3.63) is 35.4 Å². The average molecular weight is 316 g/mol. The molecule has 0 saturated carbocycles. The summed E-state index contributed by atoms with van der Waals surface area (Å²) in [6.07, 6.45) is 2.39. The molecule has 124 valence electrons. The maximum atomic E-state index is 13.1. The van der Waals surface area contributed by atoms with Gasteiger partial charge in [-0.25, -0.2) is 0 Å². The van der Waals surface area contributed by atoms with Gasteiger partial charge in [0.1, 0.15) is 0 Å². The maximum absolute atomic E-state index is 13.1. The number of nitrogens with zero attached hydrogens (tertiary/aromatic N) is 2. The zero-order chi connectivity index (χ0) is 16.4. The Bertz CT molecular complexity index is 602. The lowest BCUT2D eigenvalue weighted by atomic mass is 9.92. The molecule has 0 aliphatic carbocycles. The fraction of sp³-hybridized carbons (Fsp3) is 0.556. The predicted octanol–water partition coefficient (Wildman–Crippen LogP) is 1.57. The highest BCUT2D eigenvalue weighted by molar-refractivity contribution is 5.97. The molecule has 2 saturated heterocycles. The van der Waals surface area contributed by atoms with E-state index in [4.69, 9.17) is 4.74 Å². The number of rotatable bonds is 3. The van der Waals surface area contributed by atoms with Crippen LogP contribution in [0, 0.1) is 5.92 Å². The molecular weight excluding hydrogens is 292 g/mol. The van der Waals surface area contributed by atoms with Gasteiger partial charge in [0.25, 0.3) is 5.91 Å². The standard InChI is InChI=1S/C18H24N2O3/c1-19-9-7-13-8-10-20(16(13)12-19)18(22)15-6-4-3-5-14(15)11-17(21)23-2/h3-6,13,16H,7-12H2,1-2H3/t13-,16-/m1/s1. The molecule has 0 aromatic heterocycles. The van der Waals surface area contributed by atoms with Crippen LogP contribution in [-0.2, 0) is 16.0 Å². The first kappa shape index (κ1) is 16.0. The second-order valence-electron chi connectivity index (χ2n) is 6.58. The molecule has 5 nitrogen and oxygen atoms in total. The number of amides is 1. The molecule has 0 N–H and O–H groups in total. The lowest BCUT2D eigenvalue weighted by Gasteiger charge is -2.36. The molecule has 0 spiro atoms. The molecule has 2 fully saturated rings. The van der Waals surface area contributed by atoms with Gasteiger partial charge in [-0.15, -0.1) is 0 Å². The summed E-state index contributed by atoms with van der Waals surface area (Å²) in [5.74, 6) is 0.345. The lowest BCUT2D eigenvalue weighted by Crippen LogP contribution is -2.48. The van der Waals surface area contributed by atoms with Gasteiger partial charge in [-0.2, -0.15) is 0 Å². The van der Waals surface area contributed by atoms with Crippen molar-refractivity contribution < 1.29 is 14.3 Å². The molecule has 0 radical (unpaired) electrons. The van der Waals surface area contributed by atoms with Crippen molar-refractivity contribution in [2.24, 2.45) is 5.92 Å². The first-order valence-electron chi connectivity index (χ1n) is 8.24. The molecule has 3 rings (SSSR count). The number of methoxy groups -OCH3 is 1. The van der Waals surface area contributed by atoms with Crippen LogP contribution in [0.1, 0.15) is 28.8 Å². The van der Waals surface area contributed by atoms with Crippen LogP contribution < -0.4 is 0 Å². The number of esters is 1. The zero-order valence-corrected chi connectivity index (χ0v) is 13.8. The normalized spacial score (nSPS) is 24.3. The number of likely N-dealkylation sites (N-methyl/N-ethyl adjacent to an activating group) is 1. The van der Waals surface area contributed by atoms with Gasteiger partial charge in [0.05, 0.1) is 13.5 Å². The summed E-state index contributed by atoms with van der Waals surface area (Å²) in [5.41, 5.74) is 1.38. The van der Waals surface area contributed by atoms with E-state index in [0.717, 1.165) is 38.0 Å². The summed E-state index contributed by atoms with van der Waals surface area (Å²) in [4.78, 5) is 29.0. The number of carbonyl (C=O) groups excluding carboxylic acids is 2. The SMILES string of the molecule is COC(=O)Cc1ccccc1C(=O)N1CC[C@H]2CCN(C)C[C@H]21. The topological polar surface area (TPSA) is 49.9 Å². The Hall–Kier alpha value is -1.88. The molecule has 0 bridgehead atoms. The van der Waals surface area contributed by atoms with E-state index in [9.17, 15) is 9.59 Å². The van der Waals surface area contributed by atoms with Gasteiger partial charge in [0.2, 0.25) is 0 Å². The van der Waals surface area contributed by atoms with Crippen molar-refractivity contribution in [3.8, 4) is 0 Å². The number of hydrogen-bond donors (Lipinski definition) is 0. The first-order valence-corrected chi connectivity index (χ1v) is 8.24. The Labute approximate surface area is 137 Å². The summed E-state index contributed by atoms with van der Waals surface area (Å²) in [6, 6.07) is 7.67. The molecule has 23 heavy (non-hydrogen) atoms. The highest BCUT2D eigenvalue weighted by atomic mass is 16.5. The fourth-order valence-corrected chi connectivity index (χ4v) is 3.82. The van der Waals surface area contributed by atoms with Crippen LogP contribution in [0.15, 0.2) is 24.3 Å². The fourth-order valence-electron chi connectivity index (χ4n) is 3.82. The molecule has 2 atom stereocenters. The zero-order valence-electron chi connectivity index (χ0n) is 13.8. The van der Waals surface area contributed by atoms with Crippen molar-refractivity contribution in [1.29, 1.82) is 0 Å². The molecule has 0 unspecified atom stereocenters. The Morgan fingerprint density at radius 1 is 1.22 bits per heavy atom. The van der Waals surface area contributed by atoms with Gasteiger partial charge < -0.3 is 14.5 Å². The van der Waals surface area contributed by atoms with Gasteiger partial charge in [0.15, 0.2) is 0 Å². The number of fused-ring (bicyclic) bond motifs is 1. The van der Waals surface area contributed by atoms with E-state index in [1.165, 1.54) is 7.11 Å². The van der Waals surface area contributed by atoms with Gasteiger partial charge in [-0.3, -0.25) is 9.59 Å². The Morgan fingerprint density at radius 3 is 2.74 bits per heavy atom. The molecule has 2 aliphatic heterocycles. The van der Waals surface area contributed by atoms with Crippen molar-refractivity contribution in [3.63, 3.8) is 0 Å². The predicted molar refractivity (Wildman–Crippen MR) is 87.2 cm³/mol. The average Bonchev–Trinajstić information content (AvgIpc) is 2.97. The van der Waals surface area contributed by atoms with E-state index in [1.807, 2.05) is 29.2 Å². The highest BCUT2D eigenvalue weighted by Gasteiger charge is 2.40. The van der Waals surface area contributed by atoms with Crippen molar-refractivity contribution in [1.82, 2.24) is 9.80 Å². The van der Waals surface area contributed by atoms with Crippen molar-refractivity contribution in [2.75, 3.05) is 33.8 Å². The summed E-state index contributed by atoms with van der Waals surface area (Å²) in [6.45, 7) is 2.87. The molecular formula is C18H24N2O3. The number of hydrogen-bond acceptors (Lipinski definition) is 4. The van der Waals surface area contributed by atoms with E-state index < -0.39 is 0 Å². The Balaban J connectivity index is 1.82. The first-order chi connectivity index (χ1) is 11.1. The van der Waals surface area contributed by atoms with Gasteiger partial charge >= 0.3 is 5.97 Å². The molecule has 1 amide bonds. The van der Waals surface area contributed by atoms with Gasteiger partial charge in [-0.05, 0) is 44.0 Å². The maximum Gasteiger partial charge on any atom is 0.310 e. The summed E-state index contributed by atoms with van der Waals surface area (Å²) in [7, 11) is 3.48. The molecule has 1 aromatic carbocycles. The lowest BCUT2D eigenvalue weighted by molar-refractivity contribution is -0.139. The van der Waals surface area contributed by atoms with E-state index in [2.05, 4.69) is 11.9 Å². The Morgan fingerprint density at radius 2 is 1.96 bits per heavy atom. The number of piperidine rings is 1. The van der Waals surface area contributed by atoms with Crippen LogP contribution in [0.25, 0.3) is 0 Å². The number of ether oxygens (including phenoxy) is 1. The number of likely N-dealkylation sites (tertiary alicyclic amines) is 2. The monoisotopic (exact) mass is 316 g/mol. The third-order valence-corrected chi connectivity index (χ3v) is 5.14. The third kappa shape index (κ3) is 3.24. The minimum Gasteiger partial charge on any atom is -0.469 e. The largest absolute Gasteiger partial charge is 0.469 e. The Kier molecular flexibility index (Phi) is 4.66. The van der Waals surface area contributed by atoms with E-state index >= 15 is 0 Å². The second-order valence-corrected chi connectivity index (χ2v) is 6.58. The smallest absolute Gasteiger partial charge is 0.310 e. The molecule has 2 aliphatic rings. The summed E-state index contributed by atoms with van der Waals surface area (Å²) in [5, 5.41) is 0. The van der Waals surface area contributed by atoms with Crippen LogP contribution in [0.4, 0.5) is 0 Å². The number of carbonyl (C=O) groups is 2. The third-order valence-electron chi connectivity index (χ3n) is 5.14. The minimum absolute atomic E-state index is 0.0484. The van der Waals surface area contributed by atoms with Crippen LogP contribution in [0.2, 0.25) is 0 Å². The molecule has 2 heterocycles. The van der Waals surface area contributed by atoms with Crippen molar-refractivity contribution in [2.45, 2.75) is 25.3 Å².